The van der Waals surface area contributed by atoms with E-state index in [4.69, 9.17) is 14.2 Å². The lowest BCUT2D eigenvalue weighted by molar-refractivity contribution is -0.384. The van der Waals surface area contributed by atoms with Gasteiger partial charge < -0.3 is 29.5 Å². The summed E-state index contributed by atoms with van der Waals surface area (Å²) in [4.78, 5) is 81.4. The fourth-order valence-electron chi connectivity index (χ4n) is 11.6. The molecule has 7 aromatic carbocycles. The van der Waals surface area contributed by atoms with Crippen LogP contribution in [0.5, 0.6) is 5.75 Å². The molecule has 0 bridgehead atoms. The largest absolute Gasteiger partial charge is 0.508 e. The Labute approximate surface area is 450 Å². The molecule has 2 N–H and O–H groups in total. The Morgan fingerprint density at radius 2 is 1.44 bits per heavy atom. The molecule has 0 saturated carbocycles. The number of non-ortho nitro benzene ring substituents is 1. The van der Waals surface area contributed by atoms with Crippen LogP contribution in [0.4, 0.5) is 27.5 Å². The highest BCUT2D eigenvalue weighted by Crippen LogP contribution is 2.66. The average Bonchev–Trinajstić information content (AvgIpc) is 4.06. The minimum absolute atomic E-state index is 0.0682. The van der Waals surface area contributed by atoms with E-state index < -0.39 is 64.4 Å². The Morgan fingerprint density at radius 3 is 2.10 bits per heavy atom. The van der Waals surface area contributed by atoms with Gasteiger partial charge in [0.2, 0.25) is 11.8 Å². The topological polar surface area (TPSA) is 184 Å². The number of rotatable bonds is 12. The van der Waals surface area contributed by atoms with E-state index in [1.54, 1.807) is 42.5 Å². The molecule has 4 aliphatic rings. The highest BCUT2D eigenvalue weighted by Gasteiger charge is 2.76. The third-order valence-corrected chi connectivity index (χ3v) is 15.0. The van der Waals surface area contributed by atoms with Gasteiger partial charge in [0.05, 0.1) is 48.4 Å². The molecule has 11 rings (SSSR count). The number of fused-ring (bicyclic) bond motifs is 3. The van der Waals surface area contributed by atoms with E-state index in [1.165, 1.54) is 36.4 Å². The lowest BCUT2D eigenvalue weighted by Gasteiger charge is -2.46. The highest BCUT2D eigenvalue weighted by molar-refractivity contribution is 6.24. The van der Waals surface area contributed by atoms with Crippen molar-refractivity contribution in [2.75, 3.05) is 55.0 Å². The van der Waals surface area contributed by atoms with Crippen LogP contribution in [0.3, 0.4) is 0 Å². The first-order valence-corrected chi connectivity index (χ1v) is 25.7. The third-order valence-electron chi connectivity index (χ3n) is 15.0. The van der Waals surface area contributed by atoms with Crippen molar-refractivity contribution in [3.8, 4) is 17.6 Å². The Balaban J connectivity index is 1.11. The van der Waals surface area contributed by atoms with Gasteiger partial charge in [0.15, 0.2) is 0 Å². The molecule has 16 heteroatoms. The van der Waals surface area contributed by atoms with Gasteiger partial charge in [-0.15, -0.1) is 0 Å². The van der Waals surface area contributed by atoms with E-state index in [1.807, 2.05) is 115 Å². The fraction of sp³-hybridized carbons (Fsp3) is 0.226. The number of hydrogen-bond acceptors (Lipinski definition) is 13. The number of carbonyl (C=O) groups is 4. The smallest absolute Gasteiger partial charge is 0.421 e. The van der Waals surface area contributed by atoms with Crippen molar-refractivity contribution in [3.05, 3.63) is 231 Å². The summed E-state index contributed by atoms with van der Waals surface area (Å²) in [5, 5.41) is 25.5. The third kappa shape index (κ3) is 9.71. The number of morpholine rings is 2. The second-order valence-corrected chi connectivity index (χ2v) is 19.8. The molecule has 78 heavy (non-hydrogen) atoms. The van der Waals surface area contributed by atoms with Crippen LogP contribution in [-0.4, -0.2) is 89.6 Å². The lowest BCUT2D eigenvalue weighted by atomic mass is 9.65. The second-order valence-electron chi connectivity index (χ2n) is 19.8. The number of nitro benzene ring substituents is 1. The first-order valence-electron chi connectivity index (χ1n) is 25.7. The number of phenolic OH excluding ortho intramolecular Hbond substituents is 1. The van der Waals surface area contributed by atoms with Gasteiger partial charge >= 0.3 is 12.1 Å². The number of benzene rings is 7. The van der Waals surface area contributed by atoms with Gasteiger partial charge in [0, 0.05) is 48.7 Å². The van der Waals surface area contributed by atoms with Crippen LogP contribution < -0.4 is 15.1 Å². The van der Waals surface area contributed by atoms with E-state index in [-0.39, 0.29) is 29.3 Å². The number of amides is 3. The van der Waals surface area contributed by atoms with Gasteiger partial charge in [0.25, 0.3) is 5.69 Å². The first-order chi connectivity index (χ1) is 38.0. The molecular weight excluding hydrogens is 989 g/mol. The number of esters is 1. The first kappa shape index (κ1) is 51.0. The number of nitrogens with one attached hydrogen (secondary N) is 1. The second kappa shape index (κ2) is 21.8. The van der Waals surface area contributed by atoms with E-state index in [2.05, 4.69) is 27.0 Å². The summed E-state index contributed by atoms with van der Waals surface area (Å²) < 4.78 is 18.1. The van der Waals surface area contributed by atoms with Crippen LogP contribution in [0.2, 0.25) is 0 Å². The number of nitro groups is 1. The van der Waals surface area contributed by atoms with Crippen LogP contribution in [0.15, 0.2) is 182 Å². The van der Waals surface area contributed by atoms with Gasteiger partial charge in [-0.2, -0.15) is 0 Å². The minimum atomic E-state index is -2.14. The predicted molar refractivity (Wildman–Crippen MR) is 291 cm³/mol. The van der Waals surface area contributed by atoms with E-state index in [9.17, 15) is 20.0 Å². The highest BCUT2D eigenvalue weighted by atomic mass is 16.6. The SMILES string of the molecule is CN(CC#Cc1ccc2c(c1)[C@]1(C(=O)N2C(=O)OCc2ccc([N+](=O)[O-])cc2)[C@H](C(=O)Nc2ccc(N3CCOCC3)cc2)[C@H]2C(=O)O[C@H](c3ccccc3)[C@H](c3ccccc3)N2[C@@H]1c1ccc(O)cc1)Cc1ccccc1. The van der Waals surface area contributed by atoms with Crippen LogP contribution in [0.1, 0.15) is 57.1 Å². The average molecular weight is 1040 g/mol. The molecule has 0 aliphatic carbocycles. The molecule has 0 aromatic heterocycles. The van der Waals surface area contributed by atoms with Crippen LogP contribution >= 0.6 is 0 Å². The summed E-state index contributed by atoms with van der Waals surface area (Å²) in [6.45, 7) is 3.15. The van der Waals surface area contributed by atoms with Crippen LogP contribution in [0.25, 0.3) is 0 Å². The Kier molecular flexibility index (Phi) is 14.3. The van der Waals surface area contributed by atoms with Crippen molar-refractivity contribution in [1.82, 2.24) is 9.80 Å². The predicted octanol–water partition coefficient (Wildman–Crippen LogP) is 9.26. The number of hydrogen-bond donors (Lipinski definition) is 2. The summed E-state index contributed by atoms with van der Waals surface area (Å²) >= 11 is 0. The van der Waals surface area contributed by atoms with Crippen molar-refractivity contribution >= 4 is 46.6 Å². The van der Waals surface area contributed by atoms with Crippen molar-refractivity contribution < 1.29 is 43.4 Å². The van der Waals surface area contributed by atoms with E-state index in [0.717, 1.165) is 16.2 Å². The lowest BCUT2D eigenvalue weighted by Crippen LogP contribution is -2.54. The summed E-state index contributed by atoms with van der Waals surface area (Å²) in [6.07, 6.45) is -2.05. The number of carbonyl (C=O) groups excluding carboxylic acids is 4. The minimum Gasteiger partial charge on any atom is -0.508 e. The molecule has 3 fully saturated rings. The maximum atomic E-state index is 16.7. The number of cyclic esters (lactones) is 1. The molecule has 392 valence electrons. The summed E-state index contributed by atoms with van der Waals surface area (Å²) in [5.74, 6) is 2.55. The van der Waals surface area contributed by atoms with Crippen molar-refractivity contribution in [2.24, 2.45) is 5.92 Å². The molecule has 3 saturated heterocycles. The van der Waals surface area contributed by atoms with E-state index >= 15 is 14.4 Å². The van der Waals surface area contributed by atoms with Gasteiger partial charge in [-0.1, -0.05) is 115 Å². The number of imide groups is 1. The van der Waals surface area contributed by atoms with Gasteiger partial charge in [-0.3, -0.25) is 34.3 Å². The molecule has 4 aliphatic heterocycles. The monoisotopic (exact) mass is 1040 g/mol. The maximum absolute atomic E-state index is 16.7. The summed E-state index contributed by atoms with van der Waals surface area (Å²) in [7, 11) is 1.96. The quantitative estimate of drug-likeness (QED) is 0.0511. The van der Waals surface area contributed by atoms with Crippen LogP contribution in [-0.2, 0) is 47.2 Å². The van der Waals surface area contributed by atoms with Gasteiger partial charge in [-0.05, 0) is 107 Å². The number of ether oxygens (including phenoxy) is 3. The maximum Gasteiger partial charge on any atom is 0.421 e. The summed E-state index contributed by atoms with van der Waals surface area (Å²) in [5.41, 5.74) is 3.16. The molecule has 0 radical (unpaired) electrons. The molecule has 0 unspecified atom stereocenters. The molecule has 1 spiro atoms. The molecule has 6 atom stereocenters. The standard InChI is InChI=1S/C62H54N6O10/c1-64(39-42-12-5-2-6-13-42)33-11-14-41-21-32-52-51(38-41)62(60(72)66(52)61(73)77-40-43-19-26-49(27-20-43)68(74)75)53(58(70)63-47-24-28-48(29-25-47)65-34-36-76-37-35-65)55-59(71)78-56(45-17-9-4-10-18-45)54(44-15-7-3-8-16-44)67(55)57(62)46-22-30-50(69)31-23-46/h2-10,12-13,15-32,38,53-57,69H,33-37,39-40H2,1H3,(H,63,70)/t53-,54-,55-,56+,57+,62-/m0/s1. The fourth-order valence-corrected chi connectivity index (χ4v) is 11.6. The molecule has 16 nitrogen and oxygen atoms in total. The number of aromatic hydroxyl groups is 1. The zero-order valence-corrected chi connectivity index (χ0v) is 42.5. The molecular formula is C62H54N6O10. The molecule has 4 heterocycles. The van der Waals surface area contributed by atoms with Gasteiger partial charge in [-0.25, -0.2) is 9.69 Å². The molecule has 7 aromatic rings. The summed E-state index contributed by atoms with van der Waals surface area (Å²) in [6, 6.07) is 49.3. The van der Waals surface area contributed by atoms with Crippen molar-refractivity contribution in [3.63, 3.8) is 0 Å². The van der Waals surface area contributed by atoms with Crippen LogP contribution in [0, 0.1) is 27.9 Å². The number of anilines is 3. The van der Waals surface area contributed by atoms with Gasteiger partial charge in [0.1, 0.15) is 29.9 Å². The number of phenols is 1. The molecule has 3 amide bonds. The van der Waals surface area contributed by atoms with E-state index in [0.29, 0.717) is 72.9 Å². The number of nitrogens with zero attached hydrogens (tertiary/aromatic N) is 5. The zero-order valence-electron chi connectivity index (χ0n) is 42.5. The normalized spacial score (nSPS) is 21.5. The Bertz CT molecular complexity index is 3420. The zero-order chi connectivity index (χ0) is 53.9. The van der Waals surface area contributed by atoms with Crippen molar-refractivity contribution in [2.45, 2.75) is 42.8 Å². The Hall–Kier alpha value is -9.14. The Morgan fingerprint density at radius 1 is 0.782 bits per heavy atom. The van der Waals surface area contributed by atoms with Crippen molar-refractivity contribution in [1.29, 1.82) is 0 Å².